The first-order chi connectivity index (χ1) is 20.9. The van der Waals surface area contributed by atoms with Crippen LogP contribution in [0.5, 0.6) is 0 Å². The van der Waals surface area contributed by atoms with E-state index in [0.29, 0.717) is 11.3 Å². The molecule has 2 aromatic heterocycles. The van der Waals surface area contributed by atoms with Gasteiger partial charge >= 0.3 is 11.9 Å². The van der Waals surface area contributed by atoms with E-state index >= 15 is 0 Å². The molecular formula is C26H32N9O7S2+. The number of hydrogen-bond donors (Lipinski definition) is 5. The van der Waals surface area contributed by atoms with E-state index in [-0.39, 0.29) is 29.2 Å². The molecule has 5 heterocycles. The summed E-state index contributed by atoms with van der Waals surface area (Å²) < 4.78 is 5.80. The highest BCUT2D eigenvalue weighted by Gasteiger charge is 2.55. The molecule has 0 saturated carbocycles. The lowest BCUT2D eigenvalue weighted by atomic mass is 10.0. The number of carbonyl (C=O) groups is 4. The largest absolute Gasteiger partial charge is 0.478 e. The summed E-state index contributed by atoms with van der Waals surface area (Å²) in [6.07, 6.45) is 5.60. The highest BCUT2D eigenvalue weighted by Crippen LogP contribution is 2.40. The number of fused-ring (bicyclic) bond motifs is 1. The first-order valence-corrected chi connectivity index (χ1v) is 15.5. The van der Waals surface area contributed by atoms with Gasteiger partial charge in [-0.05, 0) is 26.7 Å². The Bertz CT molecular complexity index is 1530. The van der Waals surface area contributed by atoms with Crippen LogP contribution in [0.15, 0.2) is 41.0 Å². The zero-order valence-corrected chi connectivity index (χ0v) is 25.5. The van der Waals surface area contributed by atoms with E-state index < -0.39 is 46.5 Å². The molecule has 0 aromatic carbocycles. The van der Waals surface area contributed by atoms with Crippen LogP contribution in [0.1, 0.15) is 32.5 Å². The van der Waals surface area contributed by atoms with E-state index in [1.165, 1.54) is 30.5 Å². The third kappa shape index (κ3) is 6.31. The van der Waals surface area contributed by atoms with Crippen molar-refractivity contribution in [1.82, 2.24) is 19.6 Å². The van der Waals surface area contributed by atoms with E-state index in [9.17, 15) is 29.4 Å². The van der Waals surface area contributed by atoms with Crippen molar-refractivity contribution in [2.45, 2.75) is 56.3 Å². The van der Waals surface area contributed by atoms with Crippen LogP contribution < -0.4 is 26.3 Å². The molecule has 3 aliphatic rings. The number of hydrogen-bond acceptors (Lipinski definition) is 13. The van der Waals surface area contributed by atoms with Crippen molar-refractivity contribution in [2.24, 2.45) is 10.9 Å². The van der Waals surface area contributed by atoms with Crippen molar-refractivity contribution in [3.8, 4) is 0 Å². The first kappa shape index (κ1) is 31.1. The average molecular weight is 647 g/mol. The molecule has 18 heteroatoms. The zero-order valence-electron chi connectivity index (χ0n) is 23.9. The third-order valence-electron chi connectivity index (χ3n) is 7.44. The number of aromatic nitrogens is 3. The number of anilines is 2. The van der Waals surface area contributed by atoms with Crippen LogP contribution in [0.3, 0.4) is 0 Å². The summed E-state index contributed by atoms with van der Waals surface area (Å²) in [6, 6.07) is 3.09. The number of carboxylic acid groups (broad SMARTS) is 2. The fraction of sp³-hybridized carbons (Fsp3) is 0.462. The maximum absolute atomic E-state index is 13.2. The van der Waals surface area contributed by atoms with Crippen LogP contribution >= 0.6 is 23.3 Å². The Kier molecular flexibility index (Phi) is 8.76. The Balaban J connectivity index is 1.30. The zero-order chi connectivity index (χ0) is 31.8. The Morgan fingerprint density at radius 1 is 1.23 bits per heavy atom. The second-order valence-corrected chi connectivity index (χ2v) is 12.9. The lowest BCUT2D eigenvalue weighted by Crippen LogP contribution is -2.71. The minimum absolute atomic E-state index is 0.0271. The molecule has 234 valence electrons. The number of nitrogen functional groups attached to an aromatic ring is 1. The van der Waals surface area contributed by atoms with Gasteiger partial charge in [-0.25, -0.2) is 14.2 Å². The normalized spacial score (nSPS) is 21.1. The number of nitrogens with zero attached hydrogens (tertiary/aromatic N) is 6. The molecule has 16 nitrogen and oxygen atoms in total. The number of carbonyl (C=O) groups excluding carboxylic acids is 2. The Morgan fingerprint density at radius 3 is 2.50 bits per heavy atom. The number of pyridine rings is 1. The summed E-state index contributed by atoms with van der Waals surface area (Å²) >= 11 is 2.10. The molecule has 2 aromatic rings. The highest BCUT2D eigenvalue weighted by atomic mass is 32.2. The second kappa shape index (κ2) is 12.4. The van der Waals surface area contributed by atoms with Crippen molar-refractivity contribution in [3.05, 3.63) is 41.6 Å². The molecule has 0 unspecified atom stereocenters. The van der Waals surface area contributed by atoms with Crippen LogP contribution in [0.25, 0.3) is 0 Å². The summed E-state index contributed by atoms with van der Waals surface area (Å²) in [5.41, 5.74) is 10.9. The van der Waals surface area contributed by atoms with Gasteiger partial charge in [-0.3, -0.25) is 14.5 Å². The Morgan fingerprint density at radius 2 is 1.91 bits per heavy atom. The molecule has 5 rings (SSSR count). The average Bonchev–Trinajstić information content (AvgIpc) is 3.41. The maximum atomic E-state index is 13.2. The van der Waals surface area contributed by atoms with Crippen LogP contribution in [0.4, 0.5) is 10.8 Å². The standard InChI is InChI=1S/C26H31N9O7S2/c1-26(2,24(40)41)42-31-16(19-30-25(28)44-32-19)20(36)29-17-21(37)35-18(23(38)39)13(12-43-22(17)35)11-33-7-5-15(6-8-33)34-9-3-14(27)4-10-34/h5-8,14,17,22H,3-4,9-12,27H2,1-2H3,(H4-,28,29,30,32,36,38,39,40,41)/p+1/b31-16-/t17-,22-/m1/s1. The summed E-state index contributed by atoms with van der Waals surface area (Å²) in [6.45, 7) is 4.48. The molecule has 2 atom stereocenters. The first-order valence-electron chi connectivity index (χ1n) is 13.7. The Hall–Kier alpha value is -4.29. The fourth-order valence-corrected chi connectivity index (χ4v) is 6.64. The Labute approximate surface area is 259 Å². The van der Waals surface area contributed by atoms with Crippen molar-refractivity contribution >= 4 is 63.6 Å². The number of nitrogens with two attached hydrogens (primary N) is 2. The number of rotatable bonds is 10. The number of nitrogens with one attached hydrogen (secondary N) is 1. The van der Waals surface area contributed by atoms with E-state index in [4.69, 9.17) is 16.3 Å². The van der Waals surface area contributed by atoms with E-state index in [0.717, 1.165) is 43.2 Å². The lowest BCUT2D eigenvalue weighted by molar-refractivity contribution is -0.689. The van der Waals surface area contributed by atoms with Gasteiger partial charge in [-0.1, -0.05) is 5.16 Å². The molecule has 0 spiro atoms. The predicted octanol–water partition coefficient (Wildman–Crippen LogP) is -0.642. The fourth-order valence-electron chi connectivity index (χ4n) is 4.87. The van der Waals surface area contributed by atoms with Crippen molar-refractivity contribution in [2.75, 3.05) is 29.5 Å². The molecule has 2 amide bonds. The minimum Gasteiger partial charge on any atom is -0.478 e. The van der Waals surface area contributed by atoms with Gasteiger partial charge in [0.15, 0.2) is 24.1 Å². The maximum Gasteiger partial charge on any atom is 0.352 e. The van der Waals surface area contributed by atoms with Gasteiger partial charge in [-0.15, -0.1) is 11.8 Å². The number of carboxylic acids is 2. The summed E-state index contributed by atoms with van der Waals surface area (Å²) in [5.74, 6) is -4.03. The van der Waals surface area contributed by atoms with Crippen LogP contribution in [-0.4, -0.2) is 95.8 Å². The van der Waals surface area contributed by atoms with Gasteiger partial charge in [-0.2, -0.15) is 9.36 Å². The summed E-state index contributed by atoms with van der Waals surface area (Å²) in [7, 11) is 0. The van der Waals surface area contributed by atoms with Gasteiger partial charge in [0, 0.05) is 59.8 Å². The van der Waals surface area contributed by atoms with Gasteiger partial charge in [0.2, 0.25) is 17.1 Å². The van der Waals surface area contributed by atoms with Gasteiger partial charge in [0.05, 0.1) is 0 Å². The van der Waals surface area contributed by atoms with Crippen molar-refractivity contribution in [1.29, 1.82) is 0 Å². The third-order valence-corrected chi connectivity index (χ3v) is 9.32. The molecule has 0 bridgehead atoms. The topological polar surface area (TPSA) is 231 Å². The highest BCUT2D eigenvalue weighted by molar-refractivity contribution is 8.00. The van der Waals surface area contributed by atoms with E-state index in [1.54, 1.807) is 0 Å². The minimum atomic E-state index is -1.78. The molecular weight excluding hydrogens is 614 g/mol. The number of amides is 2. The predicted molar refractivity (Wildman–Crippen MR) is 159 cm³/mol. The summed E-state index contributed by atoms with van der Waals surface area (Å²) in [4.78, 5) is 62.7. The lowest BCUT2D eigenvalue weighted by Gasteiger charge is -2.49. The molecule has 44 heavy (non-hydrogen) atoms. The number of aliphatic carboxylic acids is 2. The number of oxime groups is 1. The molecule has 0 radical (unpaired) electrons. The molecule has 2 fully saturated rings. The van der Waals surface area contributed by atoms with Crippen LogP contribution in [0, 0.1) is 0 Å². The molecule has 7 N–H and O–H groups in total. The van der Waals surface area contributed by atoms with Gasteiger partial charge < -0.3 is 36.7 Å². The monoisotopic (exact) mass is 646 g/mol. The SMILES string of the molecule is CC(C)(O/N=C(\C(=O)N[C@@H]1C(=O)N2C(C(=O)O)=C(C[n+]3ccc(N4CCC(N)CC4)cc3)CS[C@H]12)c1nsc(N)n1)C(=O)O. The van der Waals surface area contributed by atoms with Crippen molar-refractivity contribution in [3.63, 3.8) is 0 Å². The molecule has 0 aliphatic carbocycles. The van der Waals surface area contributed by atoms with E-state index in [2.05, 4.69) is 24.7 Å². The van der Waals surface area contributed by atoms with Crippen molar-refractivity contribution < 1.29 is 38.8 Å². The van der Waals surface area contributed by atoms with Crippen LogP contribution in [0.2, 0.25) is 0 Å². The summed E-state index contributed by atoms with van der Waals surface area (Å²) in [5, 5.41) is 25.0. The molecule has 3 aliphatic heterocycles. The van der Waals surface area contributed by atoms with Crippen LogP contribution in [-0.2, 0) is 30.6 Å². The quantitative estimate of drug-likeness (QED) is 0.0937. The number of thioether (sulfide) groups is 1. The van der Waals surface area contributed by atoms with Gasteiger partial charge in [0.1, 0.15) is 17.1 Å². The number of β-lactam (4-membered cyclic amide) rings is 1. The van der Waals surface area contributed by atoms with E-state index in [1.807, 2.05) is 29.1 Å². The van der Waals surface area contributed by atoms with Gasteiger partial charge in [0.25, 0.3) is 11.8 Å². The smallest absolute Gasteiger partial charge is 0.352 e. The molecule has 2 saturated heterocycles. The second-order valence-electron chi connectivity index (χ2n) is 11.0. The number of piperidine rings is 1.